The Morgan fingerprint density at radius 3 is 2.77 bits per heavy atom. The fourth-order valence-corrected chi connectivity index (χ4v) is 3.22. The first-order valence-corrected chi connectivity index (χ1v) is 8.72. The second-order valence-electron chi connectivity index (χ2n) is 5.90. The Morgan fingerprint density at radius 1 is 1.19 bits per heavy atom. The molecule has 4 rings (SSSR count). The van der Waals surface area contributed by atoms with E-state index in [1.807, 2.05) is 30.3 Å². The van der Waals surface area contributed by atoms with Gasteiger partial charge in [0.25, 0.3) is 0 Å². The number of ether oxygens (including phenoxy) is 1. The first kappa shape index (κ1) is 16.9. The first-order chi connectivity index (χ1) is 12.6. The highest BCUT2D eigenvalue weighted by molar-refractivity contribution is 6.32. The molecule has 1 aliphatic heterocycles. The minimum atomic E-state index is -0.246. The van der Waals surface area contributed by atoms with Crippen molar-refractivity contribution in [3.63, 3.8) is 0 Å². The summed E-state index contributed by atoms with van der Waals surface area (Å²) in [6, 6.07) is 12.7. The van der Waals surface area contributed by atoms with E-state index in [9.17, 15) is 4.79 Å². The van der Waals surface area contributed by atoms with E-state index in [0.717, 1.165) is 11.1 Å². The number of amides is 1. The van der Waals surface area contributed by atoms with E-state index < -0.39 is 0 Å². The Balaban J connectivity index is 1.53. The number of halogens is 2. The van der Waals surface area contributed by atoms with Gasteiger partial charge in [0, 0.05) is 5.02 Å². The second-order valence-corrected chi connectivity index (χ2v) is 6.74. The van der Waals surface area contributed by atoms with Crippen molar-refractivity contribution in [3.8, 4) is 5.75 Å². The molecule has 0 radical (unpaired) electrons. The summed E-state index contributed by atoms with van der Waals surface area (Å²) in [4.78, 5) is 15.9. The summed E-state index contributed by atoms with van der Waals surface area (Å²) >= 11 is 12.3. The van der Waals surface area contributed by atoms with E-state index in [2.05, 4.69) is 15.4 Å². The predicted molar refractivity (Wildman–Crippen MR) is 98.6 cm³/mol. The molecular formula is C18H14Cl2N4O2. The van der Waals surface area contributed by atoms with Crippen molar-refractivity contribution < 1.29 is 9.53 Å². The molecule has 0 bridgehead atoms. The molecule has 2 heterocycles. The van der Waals surface area contributed by atoms with Crippen molar-refractivity contribution in [1.29, 1.82) is 0 Å². The lowest BCUT2D eigenvalue weighted by molar-refractivity contribution is -0.117. The summed E-state index contributed by atoms with van der Waals surface area (Å²) < 4.78 is 7.47. The molecule has 0 spiro atoms. The Bertz CT molecular complexity index is 956. The van der Waals surface area contributed by atoms with Crippen molar-refractivity contribution in [1.82, 2.24) is 14.8 Å². The van der Waals surface area contributed by atoms with Gasteiger partial charge in [-0.3, -0.25) is 10.1 Å². The lowest BCUT2D eigenvalue weighted by atomic mass is 10.0. The summed E-state index contributed by atoms with van der Waals surface area (Å²) in [7, 11) is 0. The van der Waals surface area contributed by atoms with Gasteiger partial charge in [0.15, 0.2) is 0 Å². The molecule has 0 aliphatic carbocycles. The third-order valence-corrected chi connectivity index (χ3v) is 4.69. The summed E-state index contributed by atoms with van der Waals surface area (Å²) in [6.45, 7) is 0.384. The molecule has 26 heavy (non-hydrogen) atoms. The molecule has 0 fully saturated rings. The zero-order valence-corrected chi connectivity index (χ0v) is 15.0. The van der Waals surface area contributed by atoms with Crippen molar-refractivity contribution in [3.05, 3.63) is 70.0 Å². The standard InChI is InChI=1S/C18H14Cl2N4O2/c19-13-4-1-11(2-5-13)9-26-16-6-3-12(7-14(16)20)15-8-17(25)23-18-21-10-22-24(15)18/h1-7,10,15H,8-9H2,(H,21,22,23,25)/t15-/m1/s1. The molecule has 1 aliphatic rings. The number of fused-ring (bicyclic) bond motifs is 1. The first-order valence-electron chi connectivity index (χ1n) is 7.96. The molecule has 132 valence electrons. The summed E-state index contributed by atoms with van der Waals surface area (Å²) in [5, 5.41) is 8.04. The minimum Gasteiger partial charge on any atom is -0.487 e. The number of carbonyl (C=O) groups is 1. The summed E-state index contributed by atoms with van der Waals surface area (Å²) in [6.07, 6.45) is 1.69. The average molecular weight is 389 g/mol. The number of anilines is 1. The molecule has 2 aromatic carbocycles. The number of nitrogens with zero attached hydrogens (tertiary/aromatic N) is 3. The molecule has 0 saturated heterocycles. The SMILES string of the molecule is O=C1C[C@H](c2ccc(OCc3ccc(Cl)cc3)c(Cl)c2)n2ncnc2N1. The lowest BCUT2D eigenvalue weighted by Crippen LogP contribution is -2.29. The Hall–Kier alpha value is -2.57. The number of hydrogen-bond acceptors (Lipinski definition) is 4. The van der Waals surface area contributed by atoms with Crippen LogP contribution in [0.15, 0.2) is 48.8 Å². The number of nitrogens with one attached hydrogen (secondary N) is 1. The highest BCUT2D eigenvalue weighted by atomic mass is 35.5. The van der Waals surface area contributed by atoms with Crippen LogP contribution >= 0.6 is 23.2 Å². The fraction of sp³-hybridized carbons (Fsp3) is 0.167. The van der Waals surface area contributed by atoms with E-state index >= 15 is 0 Å². The molecule has 6 nitrogen and oxygen atoms in total. The molecule has 1 N–H and O–H groups in total. The van der Waals surface area contributed by atoms with Crippen LogP contribution < -0.4 is 10.1 Å². The molecule has 1 atom stereocenters. The van der Waals surface area contributed by atoms with Crippen LogP contribution in [-0.2, 0) is 11.4 Å². The molecule has 3 aromatic rings. The second kappa shape index (κ2) is 6.97. The molecular weight excluding hydrogens is 375 g/mol. The van der Waals surface area contributed by atoms with Gasteiger partial charge in [0.2, 0.25) is 11.9 Å². The molecule has 1 aromatic heterocycles. The Kier molecular flexibility index (Phi) is 4.53. The van der Waals surface area contributed by atoms with Crippen LogP contribution in [0.5, 0.6) is 5.75 Å². The van der Waals surface area contributed by atoms with Gasteiger partial charge in [-0.1, -0.05) is 41.4 Å². The van der Waals surface area contributed by atoms with Gasteiger partial charge in [0.1, 0.15) is 18.7 Å². The maximum Gasteiger partial charge on any atom is 0.229 e. The largest absolute Gasteiger partial charge is 0.487 e. The maximum atomic E-state index is 11.9. The van der Waals surface area contributed by atoms with Crippen LogP contribution in [-0.4, -0.2) is 20.7 Å². The van der Waals surface area contributed by atoms with Crippen LogP contribution in [0.3, 0.4) is 0 Å². The fourth-order valence-electron chi connectivity index (χ4n) is 2.85. The van der Waals surface area contributed by atoms with Gasteiger partial charge in [-0.25, -0.2) is 4.68 Å². The van der Waals surface area contributed by atoms with Gasteiger partial charge in [-0.2, -0.15) is 10.1 Å². The number of rotatable bonds is 4. The summed E-state index contributed by atoms with van der Waals surface area (Å²) in [5.74, 6) is 0.907. The molecule has 0 unspecified atom stereocenters. The van der Waals surface area contributed by atoms with E-state index in [4.69, 9.17) is 27.9 Å². The van der Waals surface area contributed by atoms with Crippen molar-refractivity contribution >= 4 is 35.1 Å². The van der Waals surface area contributed by atoms with Gasteiger partial charge in [-0.15, -0.1) is 0 Å². The topological polar surface area (TPSA) is 69.0 Å². The third-order valence-electron chi connectivity index (χ3n) is 4.15. The highest BCUT2D eigenvalue weighted by Crippen LogP contribution is 2.33. The van der Waals surface area contributed by atoms with Crippen LogP contribution in [0.1, 0.15) is 23.6 Å². The minimum absolute atomic E-state index is 0.102. The number of benzene rings is 2. The molecule has 8 heteroatoms. The van der Waals surface area contributed by atoms with Crippen LogP contribution in [0.2, 0.25) is 10.0 Å². The zero-order chi connectivity index (χ0) is 18.1. The molecule has 1 amide bonds. The van der Waals surface area contributed by atoms with Gasteiger partial charge in [-0.05, 0) is 35.4 Å². The number of aromatic nitrogens is 3. The van der Waals surface area contributed by atoms with E-state index in [-0.39, 0.29) is 18.4 Å². The van der Waals surface area contributed by atoms with Gasteiger partial charge < -0.3 is 4.74 Å². The van der Waals surface area contributed by atoms with Gasteiger partial charge in [0.05, 0.1) is 17.5 Å². The van der Waals surface area contributed by atoms with Crippen molar-refractivity contribution in [2.75, 3.05) is 5.32 Å². The number of carbonyl (C=O) groups excluding carboxylic acids is 1. The number of hydrogen-bond donors (Lipinski definition) is 1. The van der Waals surface area contributed by atoms with E-state index in [0.29, 0.717) is 28.3 Å². The monoisotopic (exact) mass is 388 g/mol. The van der Waals surface area contributed by atoms with Crippen molar-refractivity contribution in [2.24, 2.45) is 0 Å². The van der Waals surface area contributed by atoms with Crippen molar-refractivity contribution in [2.45, 2.75) is 19.1 Å². The highest BCUT2D eigenvalue weighted by Gasteiger charge is 2.28. The predicted octanol–water partition coefficient (Wildman–Crippen LogP) is 4.10. The van der Waals surface area contributed by atoms with E-state index in [1.165, 1.54) is 6.33 Å². The van der Waals surface area contributed by atoms with Crippen LogP contribution in [0, 0.1) is 0 Å². The normalized spacial score (nSPS) is 16.1. The van der Waals surface area contributed by atoms with E-state index in [1.54, 1.807) is 16.8 Å². The Morgan fingerprint density at radius 2 is 2.00 bits per heavy atom. The zero-order valence-electron chi connectivity index (χ0n) is 13.5. The van der Waals surface area contributed by atoms with Crippen LogP contribution in [0.25, 0.3) is 0 Å². The van der Waals surface area contributed by atoms with Crippen LogP contribution in [0.4, 0.5) is 5.95 Å². The third kappa shape index (κ3) is 3.38. The smallest absolute Gasteiger partial charge is 0.229 e. The Labute approximate surface area is 159 Å². The maximum absolute atomic E-state index is 11.9. The summed E-state index contributed by atoms with van der Waals surface area (Å²) in [5.41, 5.74) is 1.86. The average Bonchev–Trinajstić information content (AvgIpc) is 3.09. The molecule has 0 saturated carbocycles. The quantitative estimate of drug-likeness (QED) is 0.730. The van der Waals surface area contributed by atoms with Gasteiger partial charge >= 0.3 is 0 Å². The lowest BCUT2D eigenvalue weighted by Gasteiger charge is -2.24.